The highest BCUT2D eigenvalue weighted by atomic mass is 16.5. The average molecular weight is 389 g/mol. The Morgan fingerprint density at radius 2 is 1.52 bits per heavy atom. The van der Waals surface area contributed by atoms with Crippen molar-refractivity contribution < 1.29 is 19.4 Å². The second-order valence-corrected chi connectivity index (χ2v) is 6.90. The van der Waals surface area contributed by atoms with Crippen molar-refractivity contribution >= 4 is 6.09 Å². The van der Waals surface area contributed by atoms with Crippen LogP contribution < -0.4 is 10.1 Å². The number of alkyl carbamates (subject to hydrolysis) is 1. The molecule has 148 valence electrons. The number of hydrogen-bond donors (Lipinski definition) is 2. The second-order valence-electron chi connectivity index (χ2n) is 6.90. The van der Waals surface area contributed by atoms with Crippen molar-refractivity contribution in [2.45, 2.75) is 12.5 Å². The molecular weight excluding hydrogens is 366 g/mol. The van der Waals surface area contributed by atoms with Crippen LogP contribution in [0.2, 0.25) is 0 Å². The van der Waals surface area contributed by atoms with E-state index in [1.165, 1.54) is 22.3 Å². The van der Waals surface area contributed by atoms with Gasteiger partial charge in [0.1, 0.15) is 19.0 Å². The van der Waals surface area contributed by atoms with Crippen LogP contribution in [0.15, 0.2) is 72.8 Å². The number of carbonyl (C=O) groups excluding carboxylic acids is 1. The van der Waals surface area contributed by atoms with Gasteiger partial charge in [-0.1, -0.05) is 60.7 Å². The van der Waals surface area contributed by atoms with Gasteiger partial charge < -0.3 is 19.9 Å². The largest absolute Gasteiger partial charge is 0.491 e. The molecule has 0 radical (unpaired) electrons. The lowest BCUT2D eigenvalue weighted by atomic mass is 9.98. The van der Waals surface area contributed by atoms with Gasteiger partial charge in [0.05, 0.1) is 6.61 Å². The Balaban J connectivity index is 1.33. The summed E-state index contributed by atoms with van der Waals surface area (Å²) >= 11 is 0. The number of benzene rings is 3. The van der Waals surface area contributed by atoms with Gasteiger partial charge >= 0.3 is 6.09 Å². The van der Waals surface area contributed by atoms with Gasteiger partial charge in [-0.3, -0.25) is 0 Å². The average Bonchev–Trinajstić information content (AvgIpc) is 3.09. The lowest BCUT2D eigenvalue weighted by Gasteiger charge is -2.14. The highest BCUT2D eigenvalue weighted by Gasteiger charge is 2.28. The fourth-order valence-electron chi connectivity index (χ4n) is 3.69. The summed E-state index contributed by atoms with van der Waals surface area (Å²) in [6.07, 6.45) is -0.438. The number of ether oxygens (including phenoxy) is 2. The summed E-state index contributed by atoms with van der Waals surface area (Å²) < 4.78 is 10.9. The zero-order chi connectivity index (χ0) is 20.1. The molecule has 0 fully saturated rings. The molecule has 0 atom stereocenters. The maximum atomic E-state index is 12.2. The molecule has 1 amide bonds. The molecule has 29 heavy (non-hydrogen) atoms. The molecule has 3 aromatic carbocycles. The topological polar surface area (TPSA) is 67.8 Å². The fourth-order valence-corrected chi connectivity index (χ4v) is 3.69. The van der Waals surface area contributed by atoms with Gasteiger partial charge in [0.15, 0.2) is 0 Å². The third-order valence-corrected chi connectivity index (χ3v) is 5.06. The van der Waals surface area contributed by atoms with E-state index in [1.54, 1.807) is 0 Å². The van der Waals surface area contributed by atoms with Gasteiger partial charge in [0.25, 0.3) is 0 Å². The van der Waals surface area contributed by atoms with Crippen LogP contribution in [0.5, 0.6) is 5.75 Å². The molecule has 0 saturated heterocycles. The first-order chi connectivity index (χ1) is 14.3. The first kappa shape index (κ1) is 19.0. The fraction of sp³-hybridized carbons (Fsp3) is 0.208. The van der Waals surface area contributed by atoms with E-state index < -0.39 is 6.09 Å². The molecule has 1 aliphatic carbocycles. The first-order valence-corrected chi connectivity index (χ1v) is 9.67. The number of carbonyl (C=O) groups is 1. The summed E-state index contributed by atoms with van der Waals surface area (Å²) in [6, 6.07) is 23.9. The molecule has 0 bridgehead atoms. The standard InChI is InChI=1S/C24H23NO4/c26-13-14-28-18-11-9-17(10-12-18)15-25-24(27)29-16-23-21-7-3-1-5-19(21)20-6-2-4-8-22(20)23/h1-12,23,26H,13-16H2,(H,25,27). The summed E-state index contributed by atoms with van der Waals surface area (Å²) in [5.41, 5.74) is 5.75. The minimum absolute atomic E-state index is 0.0227. The van der Waals surface area contributed by atoms with Crippen LogP contribution >= 0.6 is 0 Å². The quantitative estimate of drug-likeness (QED) is 0.639. The summed E-state index contributed by atoms with van der Waals surface area (Å²) in [6.45, 7) is 0.910. The molecule has 0 heterocycles. The van der Waals surface area contributed by atoms with Crippen molar-refractivity contribution in [1.82, 2.24) is 5.32 Å². The van der Waals surface area contributed by atoms with Crippen LogP contribution in [-0.2, 0) is 11.3 Å². The third-order valence-electron chi connectivity index (χ3n) is 5.06. The van der Waals surface area contributed by atoms with Crippen LogP contribution in [0.3, 0.4) is 0 Å². The van der Waals surface area contributed by atoms with E-state index >= 15 is 0 Å². The number of amides is 1. The Hall–Kier alpha value is -3.31. The molecule has 0 spiro atoms. The molecule has 0 saturated carbocycles. The van der Waals surface area contributed by atoms with Gasteiger partial charge in [-0.05, 0) is 39.9 Å². The number of rotatable bonds is 7. The van der Waals surface area contributed by atoms with Crippen LogP contribution in [0.1, 0.15) is 22.6 Å². The van der Waals surface area contributed by atoms with E-state index in [0.29, 0.717) is 18.9 Å². The van der Waals surface area contributed by atoms with Crippen molar-refractivity contribution in [2.24, 2.45) is 0 Å². The van der Waals surface area contributed by atoms with E-state index in [9.17, 15) is 4.79 Å². The molecule has 2 N–H and O–H groups in total. The Morgan fingerprint density at radius 3 is 2.14 bits per heavy atom. The van der Waals surface area contributed by atoms with Crippen molar-refractivity contribution in [3.05, 3.63) is 89.5 Å². The number of nitrogens with one attached hydrogen (secondary N) is 1. The monoisotopic (exact) mass is 389 g/mol. The normalized spacial score (nSPS) is 12.2. The minimum Gasteiger partial charge on any atom is -0.491 e. The third kappa shape index (κ3) is 4.25. The molecule has 4 rings (SSSR count). The zero-order valence-corrected chi connectivity index (χ0v) is 16.0. The molecule has 5 heteroatoms. The van der Waals surface area contributed by atoms with Crippen LogP contribution in [0.4, 0.5) is 4.79 Å². The lowest BCUT2D eigenvalue weighted by Crippen LogP contribution is -2.25. The minimum atomic E-state index is -0.438. The predicted octanol–water partition coefficient (Wildman–Crippen LogP) is 4.10. The first-order valence-electron chi connectivity index (χ1n) is 9.67. The Morgan fingerprint density at radius 1 is 0.897 bits per heavy atom. The second kappa shape index (κ2) is 8.80. The molecule has 0 aromatic heterocycles. The van der Waals surface area contributed by atoms with Crippen LogP contribution in [-0.4, -0.2) is 31.0 Å². The SMILES string of the molecule is O=C(NCc1ccc(OCCO)cc1)OCC1c2ccccc2-c2ccccc21. The molecule has 1 aliphatic rings. The number of hydrogen-bond acceptors (Lipinski definition) is 4. The van der Waals surface area contributed by atoms with Crippen LogP contribution in [0.25, 0.3) is 11.1 Å². The maximum Gasteiger partial charge on any atom is 0.407 e. The molecule has 0 aliphatic heterocycles. The number of aliphatic hydroxyl groups is 1. The molecular formula is C24H23NO4. The van der Waals surface area contributed by atoms with Gasteiger partial charge in [0, 0.05) is 12.5 Å². The Kier molecular flexibility index (Phi) is 5.77. The zero-order valence-electron chi connectivity index (χ0n) is 16.0. The summed E-state index contributed by atoms with van der Waals surface area (Å²) in [5, 5.41) is 11.6. The highest BCUT2D eigenvalue weighted by molar-refractivity contribution is 5.79. The van der Waals surface area contributed by atoms with E-state index in [2.05, 4.69) is 29.6 Å². The van der Waals surface area contributed by atoms with Gasteiger partial charge in [0.2, 0.25) is 0 Å². The highest BCUT2D eigenvalue weighted by Crippen LogP contribution is 2.44. The van der Waals surface area contributed by atoms with Crippen molar-refractivity contribution in [3.63, 3.8) is 0 Å². The van der Waals surface area contributed by atoms with Crippen molar-refractivity contribution in [2.75, 3.05) is 19.8 Å². The van der Waals surface area contributed by atoms with Crippen molar-refractivity contribution in [3.8, 4) is 16.9 Å². The molecule has 3 aromatic rings. The van der Waals surface area contributed by atoms with E-state index in [0.717, 1.165) is 5.56 Å². The number of fused-ring (bicyclic) bond motifs is 3. The van der Waals surface area contributed by atoms with Crippen LogP contribution in [0, 0.1) is 0 Å². The smallest absolute Gasteiger partial charge is 0.407 e. The molecule has 5 nitrogen and oxygen atoms in total. The summed E-state index contributed by atoms with van der Waals surface area (Å²) in [7, 11) is 0. The van der Waals surface area contributed by atoms with Crippen molar-refractivity contribution in [1.29, 1.82) is 0 Å². The van der Waals surface area contributed by atoms with Gasteiger partial charge in [-0.25, -0.2) is 4.79 Å². The van der Waals surface area contributed by atoms with Gasteiger partial charge in [-0.15, -0.1) is 0 Å². The Bertz CT molecular complexity index is 939. The summed E-state index contributed by atoms with van der Waals surface area (Å²) in [5.74, 6) is 0.736. The van der Waals surface area contributed by atoms with E-state index in [1.807, 2.05) is 48.5 Å². The van der Waals surface area contributed by atoms with E-state index in [-0.39, 0.29) is 19.1 Å². The predicted molar refractivity (Wildman–Crippen MR) is 111 cm³/mol. The Labute approximate surface area is 169 Å². The maximum absolute atomic E-state index is 12.2. The summed E-state index contributed by atoms with van der Waals surface area (Å²) in [4.78, 5) is 12.2. The number of aliphatic hydroxyl groups excluding tert-OH is 1. The van der Waals surface area contributed by atoms with E-state index in [4.69, 9.17) is 14.6 Å². The van der Waals surface area contributed by atoms with Gasteiger partial charge in [-0.2, -0.15) is 0 Å². The lowest BCUT2D eigenvalue weighted by molar-refractivity contribution is 0.142. The molecule has 0 unspecified atom stereocenters.